The van der Waals surface area contributed by atoms with Crippen LogP contribution in [0.5, 0.6) is 0 Å². The van der Waals surface area contributed by atoms with E-state index in [-0.39, 0.29) is 0 Å². The predicted molar refractivity (Wildman–Crippen MR) is 82.3 cm³/mol. The van der Waals surface area contributed by atoms with Crippen LogP contribution in [-0.2, 0) is 6.54 Å². The first-order valence-electron chi connectivity index (χ1n) is 6.87. The maximum Gasteiger partial charge on any atom is 0.152 e. The van der Waals surface area contributed by atoms with Crippen molar-refractivity contribution in [1.29, 1.82) is 0 Å². The average Bonchev–Trinajstić information content (AvgIpc) is 2.45. The Morgan fingerprint density at radius 1 is 1.20 bits per heavy atom. The Bertz CT molecular complexity index is 608. The highest BCUT2D eigenvalue weighted by Gasteiger charge is 2.11. The number of aldehydes is 1. The minimum Gasteiger partial charge on any atom is -0.365 e. The molecule has 20 heavy (non-hydrogen) atoms. The molecule has 3 nitrogen and oxygen atoms in total. The predicted octanol–water partition coefficient (Wildman–Crippen LogP) is 3.54. The van der Waals surface area contributed by atoms with Crippen molar-refractivity contribution in [3.63, 3.8) is 0 Å². The number of aromatic nitrogens is 1. The Morgan fingerprint density at radius 2 is 2.00 bits per heavy atom. The Labute approximate surface area is 120 Å². The Morgan fingerprint density at radius 3 is 2.65 bits per heavy atom. The van der Waals surface area contributed by atoms with Gasteiger partial charge in [0.05, 0.1) is 12.2 Å². The fourth-order valence-corrected chi connectivity index (χ4v) is 2.31. The van der Waals surface area contributed by atoms with E-state index in [9.17, 15) is 4.79 Å². The van der Waals surface area contributed by atoms with Crippen LogP contribution in [0.3, 0.4) is 0 Å². The summed E-state index contributed by atoms with van der Waals surface area (Å²) in [5.74, 6) is 0. The summed E-state index contributed by atoms with van der Waals surface area (Å²) in [4.78, 5) is 18.0. The van der Waals surface area contributed by atoms with Gasteiger partial charge in [0.15, 0.2) is 6.29 Å². The van der Waals surface area contributed by atoms with E-state index < -0.39 is 0 Å². The molecule has 1 aromatic heterocycles. The number of carbonyl (C=O) groups excluding carboxylic acids is 1. The lowest BCUT2D eigenvalue weighted by Gasteiger charge is -2.24. The monoisotopic (exact) mass is 268 g/mol. The third-order valence-corrected chi connectivity index (χ3v) is 3.33. The van der Waals surface area contributed by atoms with E-state index >= 15 is 0 Å². The molecule has 0 bridgehead atoms. The molecule has 0 unspecified atom stereocenters. The zero-order chi connectivity index (χ0) is 14.5. The van der Waals surface area contributed by atoms with Crippen molar-refractivity contribution in [3.8, 4) is 0 Å². The minimum atomic E-state index is 0.710. The number of carbonyl (C=O) groups is 1. The normalized spacial score (nSPS) is 10.3. The second-order valence-electron chi connectivity index (χ2n) is 4.96. The molecule has 1 aromatic carbocycles. The molecule has 0 atom stereocenters. The average molecular weight is 268 g/mol. The standard InChI is InChI=1S/C17H20N2O/c1-4-19(11-16-7-5-6-14(3)18-16)17-9-8-13(2)10-15(17)12-20/h5-10,12H,4,11H2,1-3H3. The molecule has 0 saturated heterocycles. The van der Waals surface area contributed by atoms with E-state index in [1.54, 1.807) is 0 Å². The van der Waals surface area contributed by atoms with Crippen LogP contribution in [0.15, 0.2) is 36.4 Å². The lowest BCUT2D eigenvalue weighted by molar-refractivity contribution is 0.112. The fourth-order valence-electron chi connectivity index (χ4n) is 2.31. The maximum atomic E-state index is 11.3. The van der Waals surface area contributed by atoms with Gasteiger partial charge in [-0.3, -0.25) is 9.78 Å². The van der Waals surface area contributed by atoms with Crippen LogP contribution >= 0.6 is 0 Å². The Kier molecular flexibility index (Phi) is 4.51. The van der Waals surface area contributed by atoms with Crippen LogP contribution < -0.4 is 4.90 Å². The summed E-state index contributed by atoms with van der Waals surface area (Å²) in [6.07, 6.45) is 0.925. The van der Waals surface area contributed by atoms with Crippen LogP contribution in [-0.4, -0.2) is 17.8 Å². The molecule has 0 aliphatic carbocycles. The van der Waals surface area contributed by atoms with Crippen molar-refractivity contribution in [2.75, 3.05) is 11.4 Å². The topological polar surface area (TPSA) is 33.2 Å². The van der Waals surface area contributed by atoms with E-state index in [1.807, 2.05) is 50.2 Å². The first-order chi connectivity index (χ1) is 9.63. The zero-order valence-corrected chi connectivity index (χ0v) is 12.3. The lowest BCUT2D eigenvalue weighted by Crippen LogP contribution is -2.24. The highest BCUT2D eigenvalue weighted by atomic mass is 16.1. The number of rotatable bonds is 5. The van der Waals surface area contributed by atoms with Gasteiger partial charge in [-0.1, -0.05) is 17.7 Å². The highest BCUT2D eigenvalue weighted by molar-refractivity contribution is 5.85. The molecule has 0 spiro atoms. The number of hydrogen-bond donors (Lipinski definition) is 0. The van der Waals surface area contributed by atoms with Gasteiger partial charge in [0.1, 0.15) is 0 Å². The van der Waals surface area contributed by atoms with Gasteiger partial charge in [0.2, 0.25) is 0 Å². The number of aryl methyl sites for hydroxylation is 2. The summed E-state index contributed by atoms with van der Waals surface area (Å²) in [7, 11) is 0. The van der Waals surface area contributed by atoms with Gasteiger partial charge in [-0.25, -0.2) is 0 Å². The van der Waals surface area contributed by atoms with Gasteiger partial charge < -0.3 is 4.90 Å². The summed E-state index contributed by atoms with van der Waals surface area (Å²) < 4.78 is 0. The third-order valence-electron chi connectivity index (χ3n) is 3.33. The molecule has 0 saturated carbocycles. The van der Waals surface area contributed by atoms with Crippen LogP contribution in [0.2, 0.25) is 0 Å². The van der Waals surface area contributed by atoms with Crippen LogP contribution in [0.4, 0.5) is 5.69 Å². The van der Waals surface area contributed by atoms with Crippen molar-refractivity contribution in [2.45, 2.75) is 27.3 Å². The zero-order valence-electron chi connectivity index (χ0n) is 12.3. The van der Waals surface area contributed by atoms with Crippen molar-refractivity contribution >= 4 is 12.0 Å². The second-order valence-corrected chi connectivity index (χ2v) is 4.96. The first-order valence-corrected chi connectivity index (χ1v) is 6.87. The van der Waals surface area contributed by atoms with E-state index in [1.165, 1.54) is 0 Å². The fraction of sp³-hybridized carbons (Fsp3) is 0.294. The molecule has 3 heteroatoms. The van der Waals surface area contributed by atoms with Crippen molar-refractivity contribution in [1.82, 2.24) is 4.98 Å². The molecule has 2 aromatic rings. The molecule has 0 amide bonds. The first kappa shape index (κ1) is 14.3. The van der Waals surface area contributed by atoms with Gasteiger partial charge >= 0.3 is 0 Å². The SMILES string of the molecule is CCN(Cc1cccc(C)n1)c1ccc(C)cc1C=O. The molecule has 1 heterocycles. The van der Waals surface area contributed by atoms with Crippen molar-refractivity contribution in [3.05, 3.63) is 58.9 Å². The summed E-state index contributed by atoms with van der Waals surface area (Å²) >= 11 is 0. The van der Waals surface area contributed by atoms with Gasteiger partial charge in [-0.2, -0.15) is 0 Å². The van der Waals surface area contributed by atoms with E-state index in [2.05, 4.69) is 16.8 Å². The molecule has 0 N–H and O–H groups in total. The van der Waals surface area contributed by atoms with Gasteiger partial charge in [-0.15, -0.1) is 0 Å². The van der Waals surface area contributed by atoms with Crippen LogP contribution in [0.1, 0.15) is 34.2 Å². The molecule has 0 aliphatic rings. The van der Waals surface area contributed by atoms with Gasteiger partial charge in [0.25, 0.3) is 0 Å². The highest BCUT2D eigenvalue weighted by Crippen LogP contribution is 2.22. The quantitative estimate of drug-likeness (QED) is 0.778. The van der Waals surface area contributed by atoms with Crippen LogP contribution in [0, 0.1) is 13.8 Å². The minimum absolute atomic E-state index is 0.710. The molecular formula is C17H20N2O. The smallest absolute Gasteiger partial charge is 0.152 e. The Hall–Kier alpha value is -2.16. The largest absolute Gasteiger partial charge is 0.365 e. The second kappa shape index (κ2) is 6.33. The summed E-state index contributed by atoms with van der Waals surface area (Å²) in [6.45, 7) is 7.61. The van der Waals surface area contributed by atoms with Gasteiger partial charge in [-0.05, 0) is 45.0 Å². The van der Waals surface area contributed by atoms with Gasteiger partial charge in [0, 0.05) is 23.5 Å². The summed E-state index contributed by atoms with van der Waals surface area (Å²) in [5.41, 5.74) is 4.83. The van der Waals surface area contributed by atoms with Crippen LogP contribution in [0.25, 0.3) is 0 Å². The lowest BCUT2D eigenvalue weighted by atomic mass is 10.1. The van der Waals surface area contributed by atoms with Crippen molar-refractivity contribution < 1.29 is 4.79 Å². The molecule has 0 radical (unpaired) electrons. The summed E-state index contributed by atoms with van der Waals surface area (Å²) in [5, 5.41) is 0. The van der Waals surface area contributed by atoms with E-state index in [0.717, 1.165) is 41.0 Å². The number of pyridine rings is 1. The summed E-state index contributed by atoms with van der Waals surface area (Å²) in [6, 6.07) is 12.0. The molecular weight excluding hydrogens is 248 g/mol. The van der Waals surface area contributed by atoms with Crippen molar-refractivity contribution in [2.24, 2.45) is 0 Å². The molecule has 0 aliphatic heterocycles. The number of hydrogen-bond acceptors (Lipinski definition) is 3. The maximum absolute atomic E-state index is 11.3. The third kappa shape index (κ3) is 3.23. The molecule has 0 fully saturated rings. The number of anilines is 1. The molecule has 2 rings (SSSR count). The van der Waals surface area contributed by atoms with E-state index in [4.69, 9.17) is 0 Å². The Balaban J connectivity index is 2.31. The number of nitrogens with zero attached hydrogens (tertiary/aromatic N) is 2. The number of benzene rings is 1. The molecule has 104 valence electrons. The van der Waals surface area contributed by atoms with E-state index in [0.29, 0.717) is 6.54 Å².